The van der Waals surface area contributed by atoms with Gasteiger partial charge in [-0.3, -0.25) is 14.4 Å². The molecule has 1 unspecified atom stereocenters. The molecule has 1 aromatic carbocycles. The molecular formula is C19H27N3O4. The van der Waals surface area contributed by atoms with Crippen molar-refractivity contribution in [2.24, 2.45) is 5.92 Å². The molecule has 2 rings (SSSR count). The Bertz CT molecular complexity index is 640. The minimum atomic E-state index is -0.334. The second-order valence-corrected chi connectivity index (χ2v) is 7.32. The molecule has 1 fully saturated rings. The number of benzene rings is 1. The maximum Gasteiger partial charge on any atom is 0.258 e. The molecule has 1 heterocycles. The Labute approximate surface area is 154 Å². The fourth-order valence-corrected chi connectivity index (χ4v) is 2.78. The first-order chi connectivity index (χ1) is 12.3. The van der Waals surface area contributed by atoms with Gasteiger partial charge in [0.05, 0.1) is 5.92 Å². The van der Waals surface area contributed by atoms with Gasteiger partial charge < -0.3 is 20.3 Å². The van der Waals surface area contributed by atoms with E-state index in [0.29, 0.717) is 25.4 Å². The third-order valence-corrected chi connectivity index (χ3v) is 4.17. The molecule has 7 nitrogen and oxygen atoms in total. The Balaban J connectivity index is 1.63. The number of para-hydroxylation sites is 1. The molecule has 1 aliphatic rings. The molecule has 26 heavy (non-hydrogen) atoms. The number of nitrogens with one attached hydrogen (secondary N) is 2. The van der Waals surface area contributed by atoms with E-state index in [1.807, 2.05) is 39.0 Å². The number of carbonyl (C=O) groups is 3. The summed E-state index contributed by atoms with van der Waals surface area (Å²) in [4.78, 5) is 37.7. The quantitative estimate of drug-likeness (QED) is 0.708. The summed E-state index contributed by atoms with van der Waals surface area (Å²) in [5.41, 5.74) is -0.279. The van der Waals surface area contributed by atoms with Crippen molar-refractivity contribution < 1.29 is 19.1 Å². The lowest BCUT2D eigenvalue weighted by Gasteiger charge is -2.31. The summed E-state index contributed by atoms with van der Waals surface area (Å²) in [6, 6.07) is 9.08. The fourth-order valence-electron chi connectivity index (χ4n) is 2.78. The molecule has 0 spiro atoms. The summed E-state index contributed by atoms with van der Waals surface area (Å²) in [5, 5.41) is 5.46. The van der Waals surface area contributed by atoms with Crippen LogP contribution in [0.1, 0.15) is 27.2 Å². The first-order valence-corrected chi connectivity index (χ1v) is 8.80. The molecule has 0 radical (unpaired) electrons. The SMILES string of the molecule is CC(C)(C)N1CC(C(=O)NCCNC(=O)COc2ccccc2)CC1=O. The van der Waals surface area contributed by atoms with Crippen LogP contribution in [0.15, 0.2) is 30.3 Å². The van der Waals surface area contributed by atoms with Crippen LogP contribution in [0, 0.1) is 5.92 Å². The van der Waals surface area contributed by atoms with Crippen LogP contribution in [0.2, 0.25) is 0 Å². The van der Waals surface area contributed by atoms with Gasteiger partial charge in [-0.05, 0) is 32.9 Å². The van der Waals surface area contributed by atoms with Crippen LogP contribution in [0.4, 0.5) is 0 Å². The summed E-state index contributed by atoms with van der Waals surface area (Å²) < 4.78 is 5.34. The Hall–Kier alpha value is -2.57. The van der Waals surface area contributed by atoms with Crippen LogP contribution in [0.25, 0.3) is 0 Å². The van der Waals surface area contributed by atoms with Crippen LogP contribution < -0.4 is 15.4 Å². The standard InChI is InChI=1S/C19H27N3O4/c1-19(2,3)22-12-14(11-17(22)24)18(25)21-10-9-20-16(23)13-26-15-7-5-4-6-8-15/h4-8,14H,9-13H2,1-3H3,(H,20,23)(H,21,25). The van der Waals surface area contributed by atoms with Crippen LogP contribution in [0.3, 0.4) is 0 Å². The minimum Gasteiger partial charge on any atom is -0.484 e. The summed E-state index contributed by atoms with van der Waals surface area (Å²) in [6.07, 6.45) is 0.236. The molecular weight excluding hydrogens is 334 g/mol. The Morgan fingerprint density at radius 1 is 1.15 bits per heavy atom. The van der Waals surface area contributed by atoms with Gasteiger partial charge in [0.1, 0.15) is 5.75 Å². The van der Waals surface area contributed by atoms with Gasteiger partial charge in [0, 0.05) is 31.6 Å². The predicted molar refractivity (Wildman–Crippen MR) is 97.5 cm³/mol. The van der Waals surface area contributed by atoms with Gasteiger partial charge in [-0.2, -0.15) is 0 Å². The highest BCUT2D eigenvalue weighted by molar-refractivity contribution is 5.89. The third-order valence-electron chi connectivity index (χ3n) is 4.17. The Kier molecular flexibility index (Phi) is 6.60. The number of amides is 3. The second kappa shape index (κ2) is 8.69. The second-order valence-electron chi connectivity index (χ2n) is 7.32. The highest BCUT2D eigenvalue weighted by Gasteiger charge is 2.39. The van der Waals surface area contributed by atoms with Crippen LogP contribution >= 0.6 is 0 Å². The maximum atomic E-state index is 12.2. The van der Waals surface area contributed by atoms with E-state index >= 15 is 0 Å². The summed E-state index contributed by atoms with van der Waals surface area (Å²) in [7, 11) is 0. The highest BCUT2D eigenvalue weighted by Crippen LogP contribution is 2.25. The number of hydrogen-bond acceptors (Lipinski definition) is 4. The molecule has 1 aliphatic heterocycles. The normalized spacial score (nSPS) is 17.1. The molecule has 0 saturated carbocycles. The van der Waals surface area contributed by atoms with E-state index in [1.165, 1.54) is 0 Å². The zero-order chi connectivity index (χ0) is 19.2. The lowest BCUT2D eigenvalue weighted by atomic mass is 10.1. The van der Waals surface area contributed by atoms with Crippen molar-refractivity contribution in [1.29, 1.82) is 0 Å². The van der Waals surface area contributed by atoms with Gasteiger partial charge in [0.15, 0.2) is 6.61 Å². The lowest BCUT2D eigenvalue weighted by Crippen LogP contribution is -2.43. The van der Waals surface area contributed by atoms with Crippen LogP contribution in [0.5, 0.6) is 5.75 Å². The molecule has 1 atom stereocenters. The molecule has 3 amide bonds. The predicted octanol–water partition coefficient (Wildman–Crippen LogP) is 0.945. The van der Waals surface area contributed by atoms with Crippen LogP contribution in [-0.2, 0) is 14.4 Å². The van der Waals surface area contributed by atoms with E-state index in [1.54, 1.807) is 17.0 Å². The van der Waals surface area contributed by atoms with E-state index in [9.17, 15) is 14.4 Å². The summed E-state index contributed by atoms with van der Waals surface area (Å²) in [6.45, 7) is 6.86. The number of nitrogens with zero attached hydrogens (tertiary/aromatic N) is 1. The van der Waals surface area contributed by atoms with Gasteiger partial charge in [0.2, 0.25) is 11.8 Å². The van der Waals surface area contributed by atoms with Crippen molar-refractivity contribution in [1.82, 2.24) is 15.5 Å². The van der Waals surface area contributed by atoms with Gasteiger partial charge in [-0.1, -0.05) is 18.2 Å². The van der Waals surface area contributed by atoms with Crippen molar-refractivity contribution in [3.8, 4) is 5.75 Å². The number of ether oxygens (including phenoxy) is 1. The van der Waals surface area contributed by atoms with Crippen molar-refractivity contribution in [2.45, 2.75) is 32.7 Å². The first-order valence-electron chi connectivity index (χ1n) is 8.80. The smallest absolute Gasteiger partial charge is 0.258 e. The Morgan fingerprint density at radius 2 is 1.81 bits per heavy atom. The Morgan fingerprint density at radius 3 is 2.42 bits per heavy atom. The minimum absolute atomic E-state index is 0.00372. The molecule has 0 aromatic heterocycles. The van der Waals surface area contributed by atoms with E-state index in [-0.39, 0.29) is 42.2 Å². The van der Waals surface area contributed by atoms with Gasteiger partial charge in [0.25, 0.3) is 5.91 Å². The molecule has 1 aromatic rings. The van der Waals surface area contributed by atoms with Crippen molar-refractivity contribution in [3.63, 3.8) is 0 Å². The lowest BCUT2D eigenvalue weighted by molar-refractivity contribution is -0.132. The fraction of sp³-hybridized carbons (Fsp3) is 0.526. The van der Waals surface area contributed by atoms with Crippen LogP contribution in [-0.4, -0.2) is 54.4 Å². The topological polar surface area (TPSA) is 87.7 Å². The largest absolute Gasteiger partial charge is 0.484 e. The zero-order valence-electron chi connectivity index (χ0n) is 15.6. The molecule has 1 saturated heterocycles. The van der Waals surface area contributed by atoms with E-state index < -0.39 is 0 Å². The van der Waals surface area contributed by atoms with Gasteiger partial charge >= 0.3 is 0 Å². The van der Waals surface area contributed by atoms with Crippen molar-refractivity contribution in [3.05, 3.63) is 30.3 Å². The average Bonchev–Trinajstić information content (AvgIpc) is 3.00. The van der Waals surface area contributed by atoms with E-state index in [2.05, 4.69) is 10.6 Å². The molecule has 142 valence electrons. The summed E-state index contributed by atoms with van der Waals surface area (Å²) in [5.74, 6) is -0.106. The zero-order valence-corrected chi connectivity index (χ0v) is 15.6. The monoisotopic (exact) mass is 361 g/mol. The van der Waals surface area contributed by atoms with Gasteiger partial charge in [-0.15, -0.1) is 0 Å². The summed E-state index contributed by atoms with van der Waals surface area (Å²) >= 11 is 0. The average molecular weight is 361 g/mol. The molecule has 0 bridgehead atoms. The third kappa shape index (κ3) is 5.75. The van der Waals surface area contributed by atoms with Gasteiger partial charge in [-0.25, -0.2) is 0 Å². The van der Waals surface area contributed by atoms with E-state index in [0.717, 1.165) is 0 Å². The highest BCUT2D eigenvalue weighted by atomic mass is 16.5. The number of hydrogen-bond donors (Lipinski definition) is 2. The number of rotatable bonds is 7. The van der Waals surface area contributed by atoms with Crippen molar-refractivity contribution in [2.75, 3.05) is 26.2 Å². The maximum absolute atomic E-state index is 12.2. The van der Waals surface area contributed by atoms with E-state index in [4.69, 9.17) is 4.74 Å². The number of likely N-dealkylation sites (tertiary alicyclic amines) is 1. The molecule has 0 aliphatic carbocycles. The first kappa shape index (κ1) is 19.8. The number of carbonyl (C=O) groups excluding carboxylic acids is 3. The molecule has 7 heteroatoms. The van der Waals surface area contributed by atoms with Crippen molar-refractivity contribution >= 4 is 17.7 Å². The molecule has 2 N–H and O–H groups in total.